The number of carbonyl (C=O) groups excluding carboxylic acids is 1. The third-order valence-electron chi connectivity index (χ3n) is 5.40. The monoisotopic (exact) mass is 461 g/mol. The van der Waals surface area contributed by atoms with Crippen LogP contribution in [-0.4, -0.2) is 20.7 Å². The quantitative estimate of drug-likeness (QED) is 0.326. The van der Waals surface area contributed by atoms with Crippen LogP contribution >= 0.6 is 11.8 Å². The molecule has 4 rings (SSSR count). The van der Waals surface area contributed by atoms with Gasteiger partial charge in [0.05, 0.1) is 21.8 Å². The van der Waals surface area contributed by atoms with Crippen molar-refractivity contribution in [2.24, 2.45) is 0 Å². The number of rotatable bonds is 6. The molecule has 0 aliphatic rings. The first kappa shape index (κ1) is 22.7. The molecule has 5 nitrogen and oxygen atoms in total. The highest BCUT2D eigenvalue weighted by Gasteiger charge is 2.20. The van der Waals surface area contributed by atoms with Crippen LogP contribution in [0, 0.1) is 19.7 Å². The lowest BCUT2D eigenvalue weighted by molar-refractivity contribution is -0.120. The average Bonchev–Trinajstić information content (AvgIpc) is 2.80. The molecule has 0 radical (unpaired) electrons. The molecule has 1 aromatic heterocycles. The second-order valence-electron chi connectivity index (χ2n) is 7.95. The van der Waals surface area contributed by atoms with E-state index in [1.807, 2.05) is 31.2 Å². The van der Waals surface area contributed by atoms with Gasteiger partial charge in [0.25, 0.3) is 5.56 Å². The zero-order valence-corrected chi connectivity index (χ0v) is 19.4. The van der Waals surface area contributed by atoms with Gasteiger partial charge in [-0.25, -0.2) is 9.37 Å². The summed E-state index contributed by atoms with van der Waals surface area (Å²) in [6.07, 6.45) is 0. The van der Waals surface area contributed by atoms with Crippen molar-refractivity contribution in [1.29, 1.82) is 0 Å². The van der Waals surface area contributed by atoms with Gasteiger partial charge in [0.1, 0.15) is 5.82 Å². The summed E-state index contributed by atoms with van der Waals surface area (Å²) in [5, 5.41) is 3.17. The molecule has 1 amide bonds. The lowest BCUT2D eigenvalue weighted by Gasteiger charge is -2.17. The SMILES string of the molecule is Cc1ccc(CNC(=O)C(C)Sc2nc3ccccc3c(=O)n2-c2ccc(C)c(F)c2)cc1. The Kier molecular flexibility index (Phi) is 6.60. The molecule has 3 aromatic carbocycles. The lowest BCUT2D eigenvalue weighted by Crippen LogP contribution is -2.31. The second-order valence-corrected chi connectivity index (χ2v) is 9.26. The van der Waals surface area contributed by atoms with Gasteiger partial charge >= 0.3 is 0 Å². The molecule has 7 heteroatoms. The van der Waals surface area contributed by atoms with Gasteiger partial charge in [0, 0.05) is 6.54 Å². The van der Waals surface area contributed by atoms with Gasteiger partial charge in [-0.2, -0.15) is 0 Å². The van der Waals surface area contributed by atoms with Gasteiger partial charge in [-0.05, 0) is 56.2 Å². The third kappa shape index (κ3) is 4.98. The summed E-state index contributed by atoms with van der Waals surface area (Å²) in [6.45, 7) is 5.84. The average molecular weight is 462 g/mol. The summed E-state index contributed by atoms with van der Waals surface area (Å²) >= 11 is 1.17. The van der Waals surface area contributed by atoms with Crippen molar-refractivity contribution in [3.63, 3.8) is 0 Å². The number of para-hydroxylation sites is 1. The summed E-state index contributed by atoms with van der Waals surface area (Å²) in [4.78, 5) is 30.7. The highest BCUT2D eigenvalue weighted by Crippen LogP contribution is 2.26. The Labute approximate surface area is 195 Å². The molecule has 0 spiro atoms. The van der Waals surface area contributed by atoms with E-state index in [1.165, 1.54) is 22.4 Å². The Morgan fingerprint density at radius 3 is 2.55 bits per heavy atom. The van der Waals surface area contributed by atoms with E-state index in [-0.39, 0.29) is 11.5 Å². The number of fused-ring (bicyclic) bond motifs is 1. The van der Waals surface area contributed by atoms with Crippen LogP contribution in [0.15, 0.2) is 76.7 Å². The second kappa shape index (κ2) is 9.58. The van der Waals surface area contributed by atoms with E-state index in [2.05, 4.69) is 10.3 Å². The number of nitrogens with zero attached hydrogens (tertiary/aromatic N) is 2. The van der Waals surface area contributed by atoms with Gasteiger partial charge in [-0.15, -0.1) is 0 Å². The van der Waals surface area contributed by atoms with Gasteiger partial charge in [-0.3, -0.25) is 14.2 Å². The summed E-state index contributed by atoms with van der Waals surface area (Å²) in [6, 6.07) is 19.6. The molecule has 0 aliphatic heterocycles. The number of carbonyl (C=O) groups is 1. The fourth-order valence-electron chi connectivity index (χ4n) is 3.39. The van der Waals surface area contributed by atoms with Crippen molar-refractivity contribution in [2.45, 2.75) is 37.7 Å². The van der Waals surface area contributed by atoms with Crippen molar-refractivity contribution >= 4 is 28.6 Å². The summed E-state index contributed by atoms with van der Waals surface area (Å²) in [5.74, 6) is -0.586. The maximum atomic E-state index is 14.3. The highest BCUT2D eigenvalue weighted by molar-refractivity contribution is 8.00. The molecular formula is C26H24FN3O2S. The number of aromatic nitrogens is 2. The molecule has 1 heterocycles. The van der Waals surface area contributed by atoms with Gasteiger partial charge in [0.2, 0.25) is 5.91 Å². The normalized spacial score (nSPS) is 12.0. The minimum Gasteiger partial charge on any atom is -0.351 e. The molecule has 1 atom stereocenters. The molecular weight excluding hydrogens is 437 g/mol. The van der Waals surface area contributed by atoms with Crippen LogP contribution in [-0.2, 0) is 11.3 Å². The van der Waals surface area contributed by atoms with Crippen molar-refractivity contribution in [3.8, 4) is 5.69 Å². The van der Waals surface area contributed by atoms with Crippen LogP contribution in [0.5, 0.6) is 0 Å². The Morgan fingerprint density at radius 1 is 1.09 bits per heavy atom. The molecule has 1 N–H and O–H groups in total. The predicted octanol–water partition coefficient (Wildman–Crippen LogP) is 4.94. The first-order valence-electron chi connectivity index (χ1n) is 10.6. The number of benzene rings is 3. The predicted molar refractivity (Wildman–Crippen MR) is 130 cm³/mol. The first-order chi connectivity index (χ1) is 15.8. The first-order valence-corrected chi connectivity index (χ1v) is 11.5. The number of thioether (sulfide) groups is 1. The van der Waals surface area contributed by atoms with Gasteiger partial charge < -0.3 is 5.32 Å². The standard InChI is InChI=1S/C26H24FN3O2S/c1-16-8-11-19(12-9-16)15-28-24(31)18(3)33-26-29-23-7-5-4-6-21(23)25(32)30(26)20-13-10-17(2)22(27)14-20/h4-14,18H,15H2,1-3H3,(H,28,31). The highest BCUT2D eigenvalue weighted by atomic mass is 32.2. The van der Waals surface area contributed by atoms with E-state index in [1.54, 1.807) is 50.2 Å². The molecule has 1 unspecified atom stereocenters. The van der Waals surface area contributed by atoms with Crippen LogP contribution in [0.2, 0.25) is 0 Å². The van der Waals surface area contributed by atoms with Crippen LogP contribution in [0.4, 0.5) is 4.39 Å². The molecule has 168 valence electrons. The van der Waals surface area contributed by atoms with Crippen molar-refractivity contribution < 1.29 is 9.18 Å². The number of aryl methyl sites for hydroxylation is 2. The molecule has 4 aromatic rings. The van der Waals surface area contributed by atoms with Crippen molar-refractivity contribution in [1.82, 2.24) is 14.9 Å². The topological polar surface area (TPSA) is 64.0 Å². The number of amides is 1. The Bertz CT molecular complexity index is 1380. The van der Waals surface area contributed by atoms with Gasteiger partial charge in [0.15, 0.2) is 5.16 Å². The number of nitrogens with one attached hydrogen (secondary N) is 1. The smallest absolute Gasteiger partial charge is 0.266 e. The fraction of sp³-hybridized carbons (Fsp3) is 0.192. The largest absolute Gasteiger partial charge is 0.351 e. The van der Waals surface area contributed by atoms with E-state index in [4.69, 9.17) is 0 Å². The van der Waals surface area contributed by atoms with E-state index in [9.17, 15) is 14.0 Å². The number of hydrogen-bond acceptors (Lipinski definition) is 4. The molecule has 0 saturated heterocycles. The van der Waals surface area contributed by atoms with E-state index < -0.39 is 11.1 Å². The van der Waals surface area contributed by atoms with E-state index >= 15 is 0 Å². The maximum Gasteiger partial charge on any atom is 0.266 e. The zero-order valence-electron chi connectivity index (χ0n) is 18.6. The number of hydrogen-bond donors (Lipinski definition) is 1. The van der Waals surface area contributed by atoms with Crippen LogP contribution in [0.3, 0.4) is 0 Å². The molecule has 0 fully saturated rings. The summed E-state index contributed by atoms with van der Waals surface area (Å²) in [5.41, 5.74) is 3.23. The molecule has 0 bridgehead atoms. The molecule has 0 saturated carbocycles. The Morgan fingerprint density at radius 2 is 1.82 bits per heavy atom. The fourth-order valence-corrected chi connectivity index (χ4v) is 4.34. The third-order valence-corrected chi connectivity index (χ3v) is 6.45. The molecule has 0 aliphatic carbocycles. The minimum atomic E-state index is -0.523. The Balaban J connectivity index is 1.65. The van der Waals surface area contributed by atoms with Crippen LogP contribution in [0.1, 0.15) is 23.6 Å². The van der Waals surface area contributed by atoms with E-state index in [0.29, 0.717) is 33.9 Å². The Hall–Kier alpha value is -3.45. The van der Waals surface area contributed by atoms with Crippen LogP contribution in [0.25, 0.3) is 16.6 Å². The van der Waals surface area contributed by atoms with Gasteiger partial charge in [-0.1, -0.05) is 59.8 Å². The maximum absolute atomic E-state index is 14.3. The molecule has 33 heavy (non-hydrogen) atoms. The summed E-state index contributed by atoms with van der Waals surface area (Å²) < 4.78 is 15.7. The van der Waals surface area contributed by atoms with E-state index in [0.717, 1.165) is 11.1 Å². The van der Waals surface area contributed by atoms with Crippen molar-refractivity contribution in [3.05, 3.63) is 99.6 Å². The number of halogens is 1. The van der Waals surface area contributed by atoms with Crippen molar-refractivity contribution in [2.75, 3.05) is 0 Å². The minimum absolute atomic E-state index is 0.176. The lowest BCUT2D eigenvalue weighted by atomic mass is 10.1. The summed E-state index contributed by atoms with van der Waals surface area (Å²) in [7, 11) is 0. The van der Waals surface area contributed by atoms with Crippen LogP contribution < -0.4 is 10.9 Å². The zero-order chi connectivity index (χ0) is 23.5.